The van der Waals surface area contributed by atoms with Gasteiger partial charge < -0.3 is 10.1 Å². The van der Waals surface area contributed by atoms with E-state index in [2.05, 4.69) is 49.1 Å². The van der Waals surface area contributed by atoms with Gasteiger partial charge in [-0.25, -0.2) is 0 Å². The zero-order valence-corrected chi connectivity index (χ0v) is 13.1. The molecule has 0 spiro atoms. The van der Waals surface area contributed by atoms with E-state index in [4.69, 9.17) is 4.74 Å². The molecule has 1 N–H and O–H groups in total. The summed E-state index contributed by atoms with van der Waals surface area (Å²) >= 11 is 2.08. The summed E-state index contributed by atoms with van der Waals surface area (Å²) in [7, 11) is 1.75. The van der Waals surface area contributed by atoms with Gasteiger partial charge in [0.15, 0.2) is 0 Å². The van der Waals surface area contributed by atoms with E-state index in [9.17, 15) is 0 Å². The van der Waals surface area contributed by atoms with Crippen LogP contribution >= 0.6 is 11.8 Å². The molecule has 0 aliphatic heterocycles. The average molecular weight is 279 g/mol. The van der Waals surface area contributed by atoms with Crippen molar-refractivity contribution in [2.45, 2.75) is 44.4 Å². The molecule has 1 aliphatic rings. The maximum absolute atomic E-state index is 5.39. The SMILES string of the molecule is CCCNC1c2cc(OC)ccc2CCC1SCC. The molecule has 0 heterocycles. The predicted octanol–water partition coefficient (Wildman–Crippen LogP) is 3.80. The van der Waals surface area contributed by atoms with Gasteiger partial charge in [0.05, 0.1) is 7.11 Å². The number of benzene rings is 1. The Morgan fingerprint density at radius 2 is 2.21 bits per heavy atom. The number of ether oxygens (including phenoxy) is 1. The van der Waals surface area contributed by atoms with Crippen LogP contribution in [0.25, 0.3) is 0 Å². The number of fused-ring (bicyclic) bond motifs is 1. The quantitative estimate of drug-likeness (QED) is 0.855. The summed E-state index contributed by atoms with van der Waals surface area (Å²) in [4.78, 5) is 0. The van der Waals surface area contributed by atoms with Gasteiger partial charge in [-0.05, 0) is 54.8 Å². The fraction of sp³-hybridized carbons (Fsp3) is 0.625. The fourth-order valence-electron chi connectivity index (χ4n) is 2.82. The molecule has 0 radical (unpaired) electrons. The van der Waals surface area contributed by atoms with Crippen molar-refractivity contribution in [1.82, 2.24) is 5.32 Å². The third-order valence-corrected chi connectivity index (χ3v) is 5.02. The van der Waals surface area contributed by atoms with Crippen LogP contribution in [0.2, 0.25) is 0 Å². The van der Waals surface area contributed by atoms with Crippen LogP contribution in [0, 0.1) is 0 Å². The zero-order valence-electron chi connectivity index (χ0n) is 12.2. The van der Waals surface area contributed by atoms with E-state index in [0.29, 0.717) is 11.3 Å². The summed E-state index contributed by atoms with van der Waals surface area (Å²) in [5, 5.41) is 4.43. The minimum Gasteiger partial charge on any atom is -0.497 e. The monoisotopic (exact) mass is 279 g/mol. The van der Waals surface area contributed by atoms with Crippen LogP contribution in [-0.2, 0) is 6.42 Å². The Bertz CT molecular complexity index is 408. The smallest absolute Gasteiger partial charge is 0.119 e. The molecule has 1 aromatic carbocycles. The van der Waals surface area contributed by atoms with Crippen molar-refractivity contribution in [2.75, 3.05) is 19.4 Å². The standard InChI is InChI=1S/C16H25NOS/c1-4-10-17-16-14-11-13(18-3)8-6-12(14)7-9-15(16)19-5-2/h6,8,11,15-17H,4-5,7,9-10H2,1-3H3. The Labute approximate surface area is 121 Å². The summed E-state index contributed by atoms with van der Waals surface area (Å²) in [6, 6.07) is 7.03. The van der Waals surface area contributed by atoms with Gasteiger partial charge in [-0.1, -0.05) is 19.9 Å². The highest BCUT2D eigenvalue weighted by Crippen LogP contribution is 2.38. The lowest BCUT2D eigenvalue weighted by molar-refractivity contribution is 0.410. The normalized spacial score (nSPS) is 22.1. The van der Waals surface area contributed by atoms with Crippen LogP contribution in [0.3, 0.4) is 0 Å². The molecule has 2 atom stereocenters. The van der Waals surface area contributed by atoms with E-state index >= 15 is 0 Å². The Morgan fingerprint density at radius 3 is 2.89 bits per heavy atom. The molecule has 0 saturated heterocycles. The van der Waals surface area contributed by atoms with E-state index in [-0.39, 0.29) is 0 Å². The molecule has 0 aromatic heterocycles. The Balaban J connectivity index is 2.27. The highest BCUT2D eigenvalue weighted by atomic mass is 32.2. The first kappa shape index (κ1) is 14.7. The Kier molecular flexibility index (Phi) is 5.59. The first-order valence-electron chi connectivity index (χ1n) is 7.32. The van der Waals surface area contributed by atoms with Crippen molar-refractivity contribution < 1.29 is 4.74 Å². The minimum absolute atomic E-state index is 0.476. The molecule has 1 aliphatic carbocycles. The van der Waals surface area contributed by atoms with Crippen molar-refractivity contribution in [3.05, 3.63) is 29.3 Å². The molecule has 106 valence electrons. The van der Waals surface area contributed by atoms with Crippen molar-refractivity contribution in [3.8, 4) is 5.75 Å². The van der Waals surface area contributed by atoms with Gasteiger partial charge >= 0.3 is 0 Å². The van der Waals surface area contributed by atoms with Crippen LogP contribution in [0.4, 0.5) is 0 Å². The largest absolute Gasteiger partial charge is 0.497 e. The van der Waals surface area contributed by atoms with Gasteiger partial charge in [0.25, 0.3) is 0 Å². The number of rotatable bonds is 6. The third kappa shape index (κ3) is 3.46. The highest BCUT2D eigenvalue weighted by Gasteiger charge is 2.29. The van der Waals surface area contributed by atoms with Crippen LogP contribution in [-0.4, -0.2) is 24.7 Å². The first-order valence-corrected chi connectivity index (χ1v) is 8.36. The molecule has 0 bridgehead atoms. The zero-order chi connectivity index (χ0) is 13.7. The van der Waals surface area contributed by atoms with Gasteiger partial charge in [0.2, 0.25) is 0 Å². The van der Waals surface area contributed by atoms with Crippen LogP contribution < -0.4 is 10.1 Å². The molecule has 19 heavy (non-hydrogen) atoms. The predicted molar refractivity (Wildman–Crippen MR) is 84.3 cm³/mol. The van der Waals surface area contributed by atoms with Crippen LogP contribution in [0.5, 0.6) is 5.75 Å². The molecule has 0 saturated carbocycles. The number of hydrogen-bond donors (Lipinski definition) is 1. The van der Waals surface area contributed by atoms with E-state index in [1.54, 1.807) is 7.11 Å². The molecule has 2 unspecified atom stereocenters. The van der Waals surface area contributed by atoms with E-state index in [0.717, 1.165) is 12.3 Å². The van der Waals surface area contributed by atoms with Crippen molar-refractivity contribution in [3.63, 3.8) is 0 Å². The van der Waals surface area contributed by atoms with Gasteiger partial charge in [-0.15, -0.1) is 0 Å². The summed E-state index contributed by atoms with van der Waals surface area (Å²) in [6.07, 6.45) is 3.65. The van der Waals surface area contributed by atoms with Gasteiger partial charge in [0, 0.05) is 11.3 Å². The number of nitrogens with one attached hydrogen (secondary N) is 1. The summed E-state index contributed by atoms with van der Waals surface area (Å²) in [5.41, 5.74) is 2.94. The topological polar surface area (TPSA) is 21.3 Å². The van der Waals surface area contributed by atoms with Crippen molar-refractivity contribution in [2.24, 2.45) is 0 Å². The Morgan fingerprint density at radius 1 is 1.37 bits per heavy atom. The van der Waals surface area contributed by atoms with Crippen molar-refractivity contribution in [1.29, 1.82) is 0 Å². The second-order valence-electron chi connectivity index (χ2n) is 5.03. The average Bonchev–Trinajstić information content (AvgIpc) is 2.45. The van der Waals surface area contributed by atoms with Gasteiger partial charge in [-0.3, -0.25) is 0 Å². The maximum Gasteiger partial charge on any atom is 0.119 e. The number of methoxy groups -OCH3 is 1. The van der Waals surface area contributed by atoms with E-state index in [1.807, 2.05) is 0 Å². The maximum atomic E-state index is 5.39. The molecular formula is C16H25NOS. The Hall–Kier alpha value is -0.670. The number of thioether (sulfide) groups is 1. The minimum atomic E-state index is 0.476. The number of aryl methyl sites for hydroxylation is 1. The molecule has 1 aromatic rings. The third-order valence-electron chi connectivity index (χ3n) is 3.75. The fourth-order valence-corrected chi connectivity index (χ4v) is 3.96. The summed E-state index contributed by atoms with van der Waals surface area (Å²) in [6.45, 7) is 5.56. The second kappa shape index (κ2) is 7.20. The highest BCUT2D eigenvalue weighted by molar-refractivity contribution is 7.99. The van der Waals surface area contributed by atoms with Gasteiger partial charge in [-0.2, -0.15) is 11.8 Å². The molecule has 2 rings (SSSR count). The summed E-state index contributed by atoms with van der Waals surface area (Å²) in [5.74, 6) is 2.16. The molecule has 2 nitrogen and oxygen atoms in total. The lowest BCUT2D eigenvalue weighted by Gasteiger charge is -2.34. The lowest BCUT2D eigenvalue weighted by atomic mass is 9.87. The van der Waals surface area contributed by atoms with Crippen molar-refractivity contribution >= 4 is 11.8 Å². The van der Waals surface area contributed by atoms with Crippen LogP contribution in [0.15, 0.2) is 18.2 Å². The summed E-state index contributed by atoms with van der Waals surface area (Å²) < 4.78 is 5.39. The molecular weight excluding hydrogens is 254 g/mol. The lowest BCUT2D eigenvalue weighted by Crippen LogP contribution is -2.35. The van der Waals surface area contributed by atoms with E-state index < -0.39 is 0 Å². The van der Waals surface area contributed by atoms with E-state index in [1.165, 1.54) is 36.1 Å². The first-order chi connectivity index (χ1) is 9.30. The molecule has 0 fully saturated rings. The molecule has 3 heteroatoms. The second-order valence-corrected chi connectivity index (χ2v) is 6.55. The number of hydrogen-bond acceptors (Lipinski definition) is 3. The van der Waals surface area contributed by atoms with Gasteiger partial charge in [0.1, 0.15) is 5.75 Å². The molecule has 0 amide bonds. The van der Waals surface area contributed by atoms with Crippen LogP contribution in [0.1, 0.15) is 43.9 Å².